The second-order valence-corrected chi connectivity index (χ2v) is 17.5. The van der Waals surface area contributed by atoms with Crippen LogP contribution in [0.5, 0.6) is 0 Å². The second kappa shape index (κ2) is 10.1. The number of esters is 1. The molecule has 3 radical (unpaired) electrons. The molecule has 0 aromatic heterocycles. The van der Waals surface area contributed by atoms with E-state index in [0.717, 1.165) is 58.0 Å². The SMILES string of the molecule is CC(=O)O[C@@H]([C]1C[C@@H](C)[C@H]2[C](O1)[C@H](O)[C@@]1(C)[C]3CC[C@H]4C(C)(C)[C@@H](OC(=O)NC5CNC5)CC[C@@]45C[C@@]35CC[C@]21C)C(C)(C)O. The number of alkyl carbamates (subject to hydrolysis) is 1. The molecule has 0 bridgehead atoms. The minimum absolute atomic E-state index is 0.0725. The Labute approximate surface area is 269 Å². The van der Waals surface area contributed by atoms with E-state index in [1.807, 2.05) is 0 Å². The van der Waals surface area contributed by atoms with Crippen LogP contribution in [0.15, 0.2) is 0 Å². The average molecular weight is 628 g/mol. The molecule has 0 unspecified atom stereocenters. The number of hydrogen-bond donors (Lipinski definition) is 4. The van der Waals surface area contributed by atoms with Crippen LogP contribution >= 0.6 is 0 Å². The van der Waals surface area contributed by atoms with E-state index in [1.54, 1.807) is 13.8 Å². The summed E-state index contributed by atoms with van der Waals surface area (Å²) in [6.07, 6.45) is 6.97. The molecule has 0 aromatic carbocycles. The summed E-state index contributed by atoms with van der Waals surface area (Å²) in [7, 11) is 0. The minimum Gasteiger partial charge on any atom is -0.456 e. The van der Waals surface area contributed by atoms with E-state index in [4.69, 9.17) is 14.2 Å². The van der Waals surface area contributed by atoms with Crippen LogP contribution in [0.2, 0.25) is 0 Å². The first kappa shape index (κ1) is 32.1. The molecule has 9 heteroatoms. The summed E-state index contributed by atoms with van der Waals surface area (Å²) in [5.74, 6) is 1.77. The molecule has 4 N–H and O–H groups in total. The van der Waals surface area contributed by atoms with Gasteiger partial charge in [0.15, 0.2) is 6.10 Å². The molecule has 5 saturated carbocycles. The van der Waals surface area contributed by atoms with Crippen LogP contribution in [0.1, 0.15) is 107 Å². The van der Waals surface area contributed by atoms with E-state index in [9.17, 15) is 19.8 Å². The monoisotopic (exact) mass is 627 g/mol. The molecule has 0 aromatic rings. The van der Waals surface area contributed by atoms with Crippen molar-refractivity contribution in [1.82, 2.24) is 10.6 Å². The maximum absolute atomic E-state index is 12.8. The van der Waals surface area contributed by atoms with Crippen molar-refractivity contribution in [2.75, 3.05) is 13.1 Å². The number of amides is 1. The third-order valence-corrected chi connectivity index (χ3v) is 14.6. The Bertz CT molecular complexity index is 1230. The van der Waals surface area contributed by atoms with Gasteiger partial charge in [-0.2, -0.15) is 0 Å². The molecule has 7 fully saturated rings. The third-order valence-electron chi connectivity index (χ3n) is 14.6. The van der Waals surface area contributed by atoms with E-state index in [1.165, 1.54) is 12.8 Å². The van der Waals surface area contributed by atoms with Gasteiger partial charge in [0.1, 0.15) is 18.3 Å². The molecule has 1 amide bonds. The highest BCUT2D eigenvalue weighted by atomic mass is 16.6. The number of carbonyl (C=O) groups is 2. The Hall–Kier alpha value is -1.42. The molecule has 7 aliphatic rings. The smallest absolute Gasteiger partial charge is 0.407 e. The Morgan fingerprint density at radius 3 is 2.44 bits per heavy atom. The van der Waals surface area contributed by atoms with Gasteiger partial charge in [0.2, 0.25) is 0 Å². The summed E-state index contributed by atoms with van der Waals surface area (Å²) in [5, 5.41) is 29.6. The molecule has 5 aliphatic carbocycles. The van der Waals surface area contributed by atoms with Crippen molar-refractivity contribution in [3.8, 4) is 0 Å². The van der Waals surface area contributed by atoms with E-state index < -0.39 is 29.2 Å². The Kier molecular flexibility index (Phi) is 7.18. The van der Waals surface area contributed by atoms with Crippen molar-refractivity contribution in [3.63, 3.8) is 0 Å². The maximum atomic E-state index is 12.8. The predicted octanol–water partition coefficient (Wildman–Crippen LogP) is 4.85. The fourth-order valence-corrected chi connectivity index (χ4v) is 12.3. The standard InChI is InChI=1S/C36H55N2O7/c1-19-15-22(29(32(5,6)42)43-20(2)39)44-27-26(19)33(7)13-14-36-18-35(36)12-11-25(45-30(41)38-21-16-37-17-21)31(3,4)23(35)9-10-24(36)34(33,8)28(27)40/h19,21,23,25-26,28-29,37,40,42H,9-18H2,1-8H3,(H,38,41)/t19-,23+,25+,26+,28+,29+,33-,34-,35-,36+/m1/s1. The van der Waals surface area contributed by atoms with Crippen LogP contribution in [-0.4, -0.2) is 65.3 Å². The highest BCUT2D eigenvalue weighted by molar-refractivity contribution is 5.68. The molecular weight excluding hydrogens is 572 g/mol. The molecule has 45 heavy (non-hydrogen) atoms. The lowest BCUT2D eigenvalue weighted by atomic mass is 9.41. The number of aliphatic hydroxyl groups is 2. The Morgan fingerprint density at radius 1 is 1.11 bits per heavy atom. The lowest BCUT2D eigenvalue weighted by molar-refractivity contribution is -0.171. The van der Waals surface area contributed by atoms with Crippen molar-refractivity contribution in [2.24, 2.45) is 44.8 Å². The average Bonchev–Trinajstić information content (AvgIpc) is 3.55. The van der Waals surface area contributed by atoms with Crippen molar-refractivity contribution in [3.05, 3.63) is 18.1 Å². The zero-order valence-corrected chi connectivity index (χ0v) is 28.5. The first-order valence-electron chi connectivity index (χ1n) is 17.4. The number of nitrogens with one attached hydrogen (secondary N) is 2. The molecule has 7 rings (SSSR count). The summed E-state index contributed by atoms with van der Waals surface area (Å²) in [4.78, 5) is 24.8. The largest absolute Gasteiger partial charge is 0.456 e. The van der Waals surface area contributed by atoms with Crippen molar-refractivity contribution in [2.45, 2.75) is 137 Å². The van der Waals surface area contributed by atoms with Gasteiger partial charge in [0, 0.05) is 36.8 Å². The zero-order valence-electron chi connectivity index (χ0n) is 28.5. The topological polar surface area (TPSA) is 126 Å². The van der Waals surface area contributed by atoms with Crippen LogP contribution in [0.3, 0.4) is 0 Å². The number of aliphatic hydroxyl groups excluding tert-OH is 1. The molecule has 2 heterocycles. The van der Waals surface area contributed by atoms with E-state index in [0.29, 0.717) is 24.5 Å². The maximum Gasteiger partial charge on any atom is 0.407 e. The zero-order chi connectivity index (χ0) is 32.5. The van der Waals surface area contributed by atoms with Crippen LogP contribution in [0, 0.1) is 63.0 Å². The third kappa shape index (κ3) is 4.24. The van der Waals surface area contributed by atoms with Crippen molar-refractivity contribution in [1.29, 1.82) is 0 Å². The van der Waals surface area contributed by atoms with Gasteiger partial charge in [0.25, 0.3) is 0 Å². The summed E-state index contributed by atoms with van der Waals surface area (Å²) in [5.41, 5.74) is -1.77. The van der Waals surface area contributed by atoms with E-state index in [-0.39, 0.29) is 51.7 Å². The number of fused-ring (bicyclic) bond motifs is 4. The lowest BCUT2D eigenvalue weighted by Crippen LogP contribution is -2.60. The van der Waals surface area contributed by atoms with E-state index >= 15 is 0 Å². The lowest BCUT2D eigenvalue weighted by Gasteiger charge is -2.63. The molecule has 10 atom stereocenters. The fraction of sp³-hybridized carbons (Fsp3) is 0.861. The normalized spacial score (nSPS) is 46.8. The summed E-state index contributed by atoms with van der Waals surface area (Å²) in [6.45, 7) is 17.8. The second-order valence-electron chi connectivity index (χ2n) is 17.5. The summed E-state index contributed by atoms with van der Waals surface area (Å²) < 4.78 is 18.4. The van der Waals surface area contributed by atoms with Gasteiger partial charge >= 0.3 is 12.1 Å². The summed E-state index contributed by atoms with van der Waals surface area (Å²) >= 11 is 0. The predicted molar refractivity (Wildman–Crippen MR) is 167 cm³/mol. The van der Waals surface area contributed by atoms with Gasteiger partial charge < -0.3 is 35.1 Å². The van der Waals surface area contributed by atoms with Gasteiger partial charge in [-0.05, 0) is 99.2 Å². The Morgan fingerprint density at radius 2 is 1.82 bits per heavy atom. The molecule has 2 aliphatic heterocycles. The number of hydrogen-bond acceptors (Lipinski definition) is 8. The van der Waals surface area contributed by atoms with Crippen LogP contribution in [0.25, 0.3) is 0 Å². The first-order valence-corrected chi connectivity index (χ1v) is 17.4. The molecule has 9 nitrogen and oxygen atoms in total. The molecule has 2 spiro atoms. The van der Waals surface area contributed by atoms with Gasteiger partial charge in [-0.1, -0.05) is 34.6 Å². The van der Waals surface area contributed by atoms with Crippen LogP contribution in [-0.2, 0) is 19.0 Å². The quantitative estimate of drug-likeness (QED) is 0.319. The molecule has 251 valence electrons. The number of carbonyl (C=O) groups excluding carboxylic acids is 2. The van der Waals surface area contributed by atoms with Gasteiger partial charge in [-0.25, -0.2) is 4.79 Å². The highest BCUT2D eigenvalue weighted by Gasteiger charge is 2.85. The number of ether oxygens (including phenoxy) is 3. The van der Waals surface area contributed by atoms with Gasteiger partial charge in [-0.15, -0.1) is 0 Å². The van der Waals surface area contributed by atoms with E-state index in [2.05, 4.69) is 45.3 Å². The Balaban J connectivity index is 1.14. The van der Waals surface area contributed by atoms with Crippen molar-refractivity contribution >= 4 is 12.1 Å². The van der Waals surface area contributed by atoms with Crippen LogP contribution < -0.4 is 10.6 Å². The van der Waals surface area contributed by atoms with Crippen molar-refractivity contribution < 1.29 is 34.0 Å². The molecular formula is C36H55N2O7. The van der Waals surface area contributed by atoms with Crippen LogP contribution in [0.4, 0.5) is 4.79 Å². The fourth-order valence-electron chi connectivity index (χ4n) is 12.3. The number of rotatable bonds is 5. The highest BCUT2D eigenvalue weighted by Crippen LogP contribution is 2.90. The first-order chi connectivity index (χ1) is 20.9. The summed E-state index contributed by atoms with van der Waals surface area (Å²) in [6, 6.07) is 0.161. The van der Waals surface area contributed by atoms with Gasteiger partial charge in [-0.3, -0.25) is 4.79 Å². The minimum atomic E-state index is -1.32. The van der Waals surface area contributed by atoms with Gasteiger partial charge in [0.05, 0.1) is 17.7 Å². The molecule has 2 saturated heterocycles.